The summed E-state index contributed by atoms with van der Waals surface area (Å²) >= 11 is 3.43. The number of benzene rings is 3. The van der Waals surface area contributed by atoms with Crippen LogP contribution in [0.3, 0.4) is 0 Å². The summed E-state index contributed by atoms with van der Waals surface area (Å²) in [6.45, 7) is 2.08. The maximum atomic E-state index is 13.1. The number of nitrogens with zero attached hydrogens (tertiary/aromatic N) is 1. The Morgan fingerprint density at radius 1 is 0.963 bits per heavy atom. The molecule has 4 heteroatoms. The lowest BCUT2D eigenvalue weighted by molar-refractivity contribution is 0.626. The Bertz CT molecular complexity index is 1010. The van der Waals surface area contributed by atoms with Crippen LogP contribution in [0.25, 0.3) is 0 Å². The molecule has 1 aliphatic heterocycles. The predicted octanol–water partition coefficient (Wildman–Crippen LogP) is 7.04. The summed E-state index contributed by atoms with van der Waals surface area (Å²) in [4.78, 5) is 7.24. The molecule has 0 aliphatic carbocycles. The van der Waals surface area contributed by atoms with Crippen LogP contribution >= 0.6 is 23.5 Å². The van der Waals surface area contributed by atoms with Crippen LogP contribution in [0.5, 0.6) is 0 Å². The van der Waals surface area contributed by atoms with E-state index in [1.165, 1.54) is 33.7 Å². The molecule has 0 bridgehead atoms. The first-order valence-electron chi connectivity index (χ1n) is 8.68. The summed E-state index contributed by atoms with van der Waals surface area (Å²) in [5.41, 5.74) is 5.55. The normalized spacial score (nSPS) is 16.5. The minimum Gasteiger partial charge on any atom is -0.248 e. The molecule has 3 aromatic carbocycles. The standard InChI is InChI=1S/C23H18FNS2/c1-16-6-10-19(11-7-16)25-23-17(14-26-20-12-8-18(24)9-13-20)15-27-22-5-3-2-4-21(22)23/h2-14H,15H2,1H3. The van der Waals surface area contributed by atoms with Crippen LogP contribution in [0.15, 0.2) is 98.6 Å². The van der Waals surface area contributed by atoms with Crippen LogP contribution in [0.1, 0.15) is 11.1 Å². The van der Waals surface area contributed by atoms with Gasteiger partial charge in [0.1, 0.15) is 5.82 Å². The van der Waals surface area contributed by atoms with Crippen molar-refractivity contribution in [3.63, 3.8) is 0 Å². The van der Waals surface area contributed by atoms with Gasteiger partial charge in [-0.15, -0.1) is 11.8 Å². The number of halogens is 1. The quantitative estimate of drug-likeness (QED) is 0.444. The van der Waals surface area contributed by atoms with E-state index in [0.29, 0.717) is 0 Å². The molecule has 0 aromatic heterocycles. The molecule has 4 rings (SSSR count). The molecule has 0 saturated carbocycles. The van der Waals surface area contributed by atoms with E-state index in [1.807, 2.05) is 11.8 Å². The lowest BCUT2D eigenvalue weighted by atomic mass is 10.0. The minimum atomic E-state index is -0.212. The number of aryl methyl sites for hydroxylation is 1. The zero-order valence-electron chi connectivity index (χ0n) is 14.9. The second-order valence-corrected chi connectivity index (χ2v) is 8.26. The highest BCUT2D eigenvalue weighted by molar-refractivity contribution is 8.02. The molecule has 0 spiro atoms. The average molecular weight is 392 g/mol. The first-order valence-corrected chi connectivity index (χ1v) is 10.5. The topological polar surface area (TPSA) is 12.4 Å². The Labute approximate surface area is 167 Å². The molecule has 0 amide bonds. The predicted molar refractivity (Wildman–Crippen MR) is 115 cm³/mol. The van der Waals surface area contributed by atoms with Gasteiger partial charge in [0.2, 0.25) is 0 Å². The van der Waals surface area contributed by atoms with Crippen LogP contribution in [0, 0.1) is 12.7 Å². The average Bonchev–Trinajstić information content (AvgIpc) is 2.70. The maximum absolute atomic E-state index is 13.1. The summed E-state index contributed by atoms with van der Waals surface area (Å²) in [6, 6.07) is 23.3. The highest BCUT2D eigenvalue weighted by atomic mass is 32.2. The van der Waals surface area contributed by atoms with Crippen molar-refractivity contribution in [2.75, 3.05) is 5.75 Å². The number of hydrogen-bond donors (Lipinski definition) is 0. The maximum Gasteiger partial charge on any atom is 0.123 e. The van der Waals surface area contributed by atoms with Gasteiger partial charge in [-0.25, -0.2) is 9.38 Å². The van der Waals surface area contributed by atoms with Gasteiger partial charge >= 0.3 is 0 Å². The Balaban J connectivity index is 1.72. The van der Waals surface area contributed by atoms with Gasteiger partial charge in [-0.3, -0.25) is 0 Å². The molecule has 0 fully saturated rings. The molecule has 0 radical (unpaired) electrons. The van der Waals surface area contributed by atoms with Gasteiger partial charge in [0, 0.05) is 21.1 Å². The van der Waals surface area contributed by atoms with Crippen LogP contribution in [-0.4, -0.2) is 11.5 Å². The zero-order chi connectivity index (χ0) is 18.6. The van der Waals surface area contributed by atoms with E-state index in [0.717, 1.165) is 22.0 Å². The van der Waals surface area contributed by atoms with E-state index < -0.39 is 0 Å². The van der Waals surface area contributed by atoms with E-state index in [9.17, 15) is 4.39 Å². The van der Waals surface area contributed by atoms with Crippen molar-refractivity contribution < 1.29 is 4.39 Å². The van der Waals surface area contributed by atoms with Crippen LogP contribution in [0.2, 0.25) is 0 Å². The number of hydrogen-bond acceptors (Lipinski definition) is 3. The Kier molecular flexibility index (Phi) is 5.46. The van der Waals surface area contributed by atoms with E-state index in [2.05, 4.69) is 60.9 Å². The van der Waals surface area contributed by atoms with E-state index in [-0.39, 0.29) is 5.82 Å². The first-order chi connectivity index (χ1) is 13.2. The monoisotopic (exact) mass is 391 g/mol. The highest BCUT2D eigenvalue weighted by Gasteiger charge is 2.20. The third-order valence-corrected chi connectivity index (χ3v) is 6.32. The van der Waals surface area contributed by atoms with Crippen LogP contribution < -0.4 is 0 Å². The Morgan fingerprint density at radius 3 is 2.48 bits per heavy atom. The number of fused-ring (bicyclic) bond motifs is 1. The summed E-state index contributed by atoms with van der Waals surface area (Å²) in [7, 11) is 0. The number of aliphatic imine (C=N–C) groups is 1. The van der Waals surface area contributed by atoms with E-state index >= 15 is 0 Å². The van der Waals surface area contributed by atoms with Crippen molar-refractivity contribution in [1.82, 2.24) is 0 Å². The fourth-order valence-electron chi connectivity index (χ4n) is 2.81. The third-order valence-electron chi connectivity index (χ3n) is 4.26. The summed E-state index contributed by atoms with van der Waals surface area (Å²) < 4.78 is 13.1. The SMILES string of the molecule is Cc1ccc(N=C2C(=CSc3ccc(F)cc3)CSc3ccccc32)cc1. The summed E-state index contributed by atoms with van der Waals surface area (Å²) in [5.74, 6) is 0.659. The molecular formula is C23H18FNS2. The van der Waals surface area contributed by atoms with Gasteiger partial charge < -0.3 is 0 Å². The zero-order valence-corrected chi connectivity index (χ0v) is 16.5. The molecule has 1 aliphatic rings. The number of rotatable bonds is 3. The summed E-state index contributed by atoms with van der Waals surface area (Å²) in [6.07, 6.45) is 0. The molecule has 3 aromatic rings. The highest BCUT2D eigenvalue weighted by Crippen LogP contribution is 2.36. The molecule has 1 nitrogen and oxygen atoms in total. The molecule has 1 heterocycles. The van der Waals surface area contributed by atoms with E-state index in [4.69, 9.17) is 4.99 Å². The van der Waals surface area contributed by atoms with Crippen molar-refractivity contribution in [3.05, 3.63) is 101 Å². The van der Waals surface area contributed by atoms with Crippen LogP contribution in [-0.2, 0) is 0 Å². The van der Waals surface area contributed by atoms with Gasteiger partial charge in [0.05, 0.1) is 11.4 Å². The van der Waals surface area contributed by atoms with Crippen LogP contribution in [0.4, 0.5) is 10.1 Å². The molecule has 0 atom stereocenters. The fourth-order valence-corrected chi connectivity index (χ4v) is 4.71. The molecule has 134 valence electrons. The van der Waals surface area contributed by atoms with Crippen molar-refractivity contribution in [2.24, 2.45) is 4.99 Å². The van der Waals surface area contributed by atoms with Gasteiger partial charge in [-0.1, -0.05) is 47.7 Å². The van der Waals surface area contributed by atoms with Crippen molar-refractivity contribution in [3.8, 4) is 0 Å². The van der Waals surface area contributed by atoms with Crippen molar-refractivity contribution in [1.29, 1.82) is 0 Å². The lowest BCUT2D eigenvalue weighted by Crippen LogP contribution is -2.13. The fraction of sp³-hybridized carbons (Fsp3) is 0.0870. The Morgan fingerprint density at radius 2 is 1.70 bits per heavy atom. The number of thioether (sulfide) groups is 2. The third kappa shape index (κ3) is 4.34. The molecule has 0 saturated heterocycles. The molecule has 0 N–H and O–H groups in total. The van der Waals surface area contributed by atoms with Gasteiger partial charge in [-0.05, 0) is 60.4 Å². The largest absolute Gasteiger partial charge is 0.248 e. The molecular weight excluding hydrogens is 373 g/mol. The smallest absolute Gasteiger partial charge is 0.123 e. The minimum absolute atomic E-state index is 0.212. The van der Waals surface area contributed by atoms with Crippen molar-refractivity contribution >= 4 is 34.9 Å². The second-order valence-electron chi connectivity index (χ2n) is 6.30. The second kappa shape index (κ2) is 8.15. The van der Waals surface area contributed by atoms with Gasteiger partial charge in [-0.2, -0.15) is 0 Å². The van der Waals surface area contributed by atoms with Crippen molar-refractivity contribution in [2.45, 2.75) is 16.7 Å². The first kappa shape index (κ1) is 18.1. The Hall–Kier alpha value is -2.30. The lowest BCUT2D eigenvalue weighted by Gasteiger charge is -2.20. The molecule has 27 heavy (non-hydrogen) atoms. The van der Waals surface area contributed by atoms with Gasteiger partial charge in [0.15, 0.2) is 0 Å². The summed E-state index contributed by atoms with van der Waals surface area (Å²) in [5, 5.41) is 2.14. The van der Waals surface area contributed by atoms with Gasteiger partial charge in [0.25, 0.3) is 0 Å². The molecule has 0 unspecified atom stereocenters. The van der Waals surface area contributed by atoms with E-state index in [1.54, 1.807) is 23.9 Å².